The summed E-state index contributed by atoms with van der Waals surface area (Å²) in [6, 6.07) is 2.32. The Kier molecular flexibility index (Phi) is 5.11. The van der Waals surface area contributed by atoms with Gasteiger partial charge in [-0.05, 0) is 19.9 Å². The predicted octanol–water partition coefficient (Wildman–Crippen LogP) is 1.97. The van der Waals surface area contributed by atoms with Gasteiger partial charge in [0, 0.05) is 25.8 Å². The van der Waals surface area contributed by atoms with Crippen molar-refractivity contribution in [3.05, 3.63) is 23.5 Å². The number of methoxy groups -OCH3 is 1. The maximum atomic E-state index is 13.7. The normalized spacial score (nSPS) is 12.2. The van der Waals surface area contributed by atoms with Crippen LogP contribution < -0.4 is 10.6 Å². The van der Waals surface area contributed by atoms with Gasteiger partial charge < -0.3 is 20.5 Å². The second kappa shape index (κ2) is 6.38. The molecule has 1 aromatic rings. The minimum atomic E-state index is -1.33. The number of halogens is 1. The van der Waals surface area contributed by atoms with Crippen molar-refractivity contribution in [2.45, 2.75) is 19.9 Å². The van der Waals surface area contributed by atoms with E-state index < -0.39 is 17.3 Å². The quantitative estimate of drug-likeness (QED) is 0.773. The Hall–Kier alpha value is -1.82. The molecule has 0 heterocycles. The fourth-order valence-corrected chi connectivity index (χ4v) is 2.04. The van der Waals surface area contributed by atoms with Gasteiger partial charge in [0.15, 0.2) is 0 Å². The first-order chi connectivity index (χ1) is 8.92. The summed E-state index contributed by atoms with van der Waals surface area (Å²) in [4.78, 5) is 12.7. The van der Waals surface area contributed by atoms with Crippen molar-refractivity contribution >= 4 is 17.3 Å². The number of carboxylic acids is 1. The number of nitrogens with zero attached hydrogens (tertiary/aromatic N) is 1. The summed E-state index contributed by atoms with van der Waals surface area (Å²) >= 11 is 0. The molecule has 1 unspecified atom stereocenters. The number of rotatable bonds is 6. The van der Waals surface area contributed by atoms with E-state index in [2.05, 4.69) is 0 Å². The number of aromatic carboxylic acids is 1. The fourth-order valence-electron chi connectivity index (χ4n) is 2.04. The first kappa shape index (κ1) is 15.2. The minimum Gasteiger partial charge on any atom is -0.478 e. The Morgan fingerprint density at radius 2 is 2.21 bits per heavy atom. The number of carboxylic acid groups (broad SMARTS) is 1. The molecule has 3 N–H and O–H groups in total. The van der Waals surface area contributed by atoms with Gasteiger partial charge >= 0.3 is 5.97 Å². The van der Waals surface area contributed by atoms with Gasteiger partial charge in [0.05, 0.1) is 23.5 Å². The molecule has 0 bridgehead atoms. The largest absolute Gasteiger partial charge is 0.478 e. The summed E-state index contributed by atoms with van der Waals surface area (Å²) in [5.41, 5.74) is 6.13. The highest BCUT2D eigenvalue weighted by molar-refractivity contribution is 5.91. The fraction of sp³-hybridized carbons (Fsp3) is 0.462. The second-order valence-electron chi connectivity index (χ2n) is 4.29. The molecule has 0 saturated carbocycles. The van der Waals surface area contributed by atoms with Crippen LogP contribution in [0.2, 0.25) is 0 Å². The molecule has 0 aliphatic carbocycles. The topological polar surface area (TPSA) is 75.8 Å². The summed E-state index contributed by atoms with van der Waals surface area (Å²) in [5.74, 6) is -2.12. The average molecular weight is 270 g/mol. The molecule has 0 amide bonds. The van der Waals surface area contributed by atoms with Crippen LogP contribution in [0.15, 0.2) is 12.1 Å². The molecular weight excluding hydrogens is 251 g/mol. The minimum absolute atomic E-state index is 0.00683. The van der Waals surface area contributed by atoms with Crippen LogP contribution in [-0.4, -0.2) is 37.4 Å². The average Bonchev–Trinajstić information content (AvgIpc) is 2.34. The number of carbonyl (C=O) groups is 1. The molecule has 106 valence electrons. The first-order valence-corrected chi connectivity index (χ1v) is 6.00. The van der Waals surface area contributed by atoms with E-state index in [1.807, 2.05) is 18.7 Å². The highest BCUT2D eigenvalue weighted by atomic mass is 19.1. The standard InChI is InChI=1S/C13H19FN2O3/c1-4-16(8(2)7-19-3)12-6-10(14)9(13(17)18)5-11(12)15/h5-6,8H,4,7,15H2,1-3H3,(H,17,18). The lowest BCUT2D eigenvalue weighted by atomic mass is 10.1. The van der Waals surface area contributed by atoms with E-state index in [0.29, 0.717) is 18.8 Å². The van der Waals surface area contributed by atoms with Gasteiger partial charge in [-0.1, -0.05) is 0 Å². The van der Waals surface area contributed by atoms with E-state index in [4.69, 9.17) is 15.6 Å². The number of nitrogen functional groups attached to an aromatic ring is 1. The molecule has 0 saturated heterocycles. The summed E-state index contributed by atoms with van der Waals surface area (Å²) in [6.07, 6.45) is 0. The van der Waals surface area contributed by atoms with Gasteiger partial charge in [-0.3, -0.25) is 0 Å². The maximum absolute atomic E-state index is 13.7. The summed E-state index contributed by atoms with van der Waals surface area (Å²) in [7, 11) is 1.59. The molecule has 19 heavy (non-hydrogen) atoms. The smallest absolute Gasteiger partial charge is 0.338 e. The Labute approximate surface area is 111 Å². The van der Waals surface area contributed by atoms with Gasteiger partial charge in [-0.25, -0.2) is 9.18 Å². The molecular formula is C13H19FN2O3. The molecule has 0 aliphatic heterocycles. The van der Waals surface area contributed by atoms with Crippen LogP contribution in [0.1, 0.15) is 24.2 Å². The number of benzene rings is 1. The Balaban J connectivity index is 3.18. The zero-order chi connectivity index (χ0) is 14.6. The lowest BCUT2D eigenvalue weighted by Crippen LogP contribution is -2.36. The van der Waals surface area contributed by atoms with Crippen molar-refractivity contribution < 1.29 is 19.0 Å². The number of hydrogen-bond acceptors (Lipinski definition) is 4. The van der Waals surface area contributed by atoms with Gasteiger partial charge in [-0.15, -0.1) is 0 Å². The SMILES string of the molecule is CCN(c1cc(F)c(C(=O)O)cc1N)C(C)COC. The van der Waals surface area contributed by atoms with Crippen molar-refractivity contribution in [2.75, 3.05) is 30.9 Å². The van der Waals surface area contributed by atoms with Gasteiger partial charge in [0.1, 0.15) is 5.82 Å². The third-order valence-corrected chi connectivity index (χ3v) is 2.94. The lowest BCUT2D eigenvalue weighted by Gasteiger charge is -2.31. The van der Waals surface area contributed by atoms with Gasteiger partial charge in [0.2, 0.25) is 0 Å². The van der Waals surface area contributed by atoms with Crippen LogP contribution in [0.25, 0.3) is 0 Å². The lowest BCUT2D eigenvalue weighted by molar-refractivity contribution is 0.0692. The summed E-state index contributed by atoms with van der Waals surface area (Å²) in [5, 5.41) is 8.84. The van der Waals surface area contributed by atoms with E-state index in [0.717, 1.165) is 12.1 Å². The number of hydrogen-bond donors (Lipinski definition) is 2. The zero-order valence-corrected chi connectivity index (χ0v) is 11.3. The third-order valence-electron chi connectivity index (χ3n) is 2.94. The van der Waals surface area contributed by atoms with E-state index in [9.17, 15) is 9.18 Å². The molecule has 0 fully saturated rings. The number of ether oxygens (including phenoxy) is 1. The molecule has 1 aromatic carbocycles. The number of anilines is 2. The highest BCUT2D eigenvalue weighted by Crippen LogP contribution is 2.28. The van der Waals surface area contributed by atoms with Crippen molar-refractivity contribution in [1.29, 1.82) is 0 Å². The molecule has 0 aliphatic rings. The second-order valence-corrected chi connectivity index (χ2v) is 4.29. The summed E-state index contributed by atoms with van der Waals surface area (Å²) < 4.78 is 18.8. The molecule has 0 spiro atoms. The van der Waals surface area contributed by atoms with Crippen LogP contribution in [0.3, 0.4) is 0 Å². The van der Waals surface area contributed by atoms with Crippen LogP contribution in [-0.2, 0) is 4.74 Å². The van der Waals surface area contributed by atoms with Crippen LogP contribution in [0.4, 0.5) is 15.8 Å². The van der Waals surface area contributed by atoms with E-state index in [1.165, 1.54) is 0 Å². The molecule has 1 atom stereocenters. The molecule has 6 heteroatoms. The zero-order valence-electron chi connectivity index (χ0n) is 11.3. The van der Waals surface area contributed by atoms with Crippen LogP contribution in [0, 0.1) is 5.82 Å². The highest BCUT2D eigenvalue weighted by Gasteiger charge is 2.19. The van der Waals surface area contributed by atoms with Gasteiger partial charge in [0.25, 0.3) is 0 Å². The Morgan fingerprint density at radius 1 is 1.58 bits per heavy atom. The van der Waals surface area contributed by atoms with Crippen molar-refractivity contribution in [1.82, 2.24) is 0 Å². The number of likely N-dealkylation sites (N-methyl/N-ethyl adjacent to an activating group) is 1. The maximum Gasteiger partial charge on any atom is 0.338 e. The van der Waals surface area contributed by atoms with Crippen LogP contribution >= 0.6 is 0 Å². The van der Waals surface area contributed by atoms with E-state index >= 15 is 0 Å². The molecule has 0 radical (unpaired) electrons. The van der Waals surface area contributed by atoms with Gasteiger partial charge in [-0.2, -0.15) is 0 Å². The van der Waals surface area contributed by atoms with Crippen molar-refractivity contribution in [3.8, 4) is 0 Å². The first-order valence-electron chi connectivity index (χ1n) is 6.00. The summed E-state index contributed by atoms with van der Waals surface area (Å²) in [6.45, 7) is 4.92. The molecule has 1 rings (SSSR count). The van der Waals surface area contributed by atoms with Crippen molar-refractivity contribution in [3.63, 3.8) is 0 Å². The van der Waals surface area contributed by atoms with E-state index in [-0.39, 0.29) is 11.7 Å². The molecule has 5 nitrogen and oxygen atoms in total. The third kappa shape index (κ3) is 3.35. The van der Waals surface area contributed by atoms with E-state index in [1.54, 1.807) is 7.11 Å². The molecule has 0 aromatic heterocycles. The van der Waals surface area contributed by atoms with Crippen LogP contribution in [0.5, 0.6) is 0 Å². The number of nitrogens with two attached hydrogens (primary N) is 1. The predicted molar refractivity (Wildman–Crippen MR) is 72.1 cm³/mol. The van der Waals surface area contributed by atoms with Crippen molar-refractivity contribution in [2.24, 2.45) is 0 Å². The monoisotopic (exact) mass is 270 g/mol. The Morgan fingerprint density at radius 3 is 2.68 bits per heavy atom. The Bertz CT molecular complexity index is 465.